The molecule has 5 rings (SSSR count). The Labute approximate surface area is 235 Å². The van der Waals surface area contributed by atoms with Crippen molar-refractivity contribution >= 4 is 11.8 Å². The zero-order valence-corrected chi connectivity index (χ0v) is 23.8. The maximum atomic E-state index is 6.01. The van der Waals surface area contributed by atoms with Crippen LogP contribution in [0.5, 0.6) is 28.7 Å². The number of hydrogen-bond donors (Lipinski definition) is 0. The first-order valence-electron chi connectivity index (χ1n) is 12.9. The van der Waals surface area contributed by atoms with E-state index in [4.69, 9.17) is 23.7 Å². The van der Waals surface area contributed by atoms with Crippen molar-refractivity contribution in [1.82, 2.24) is 0 Å². The van der Waals surface area contributed by atoms with Crippen LogP contribution in [0.3, 0.4) is 0 Å². The number of ether oxygens (including phenoxy) is 5. The molecular weight excluding hydrogens is 508 g/mol. The van der Waals surface area contributed by atoms with Gasteiger partial charge in [0.15, 0.2) is 0 Å². The van der Waals surface area contributed by atoms with Gasteiger partial charge in [0.25, 0.3) is 0 Å². The van der Waals surface area contributed by atoms with Crippen LogP contribution in [0.4, 0.5) is 0 Å². The minimum atomic E-state index is 0.0623. The molecule has 3 atom stereocenters. The SMILES string of the molecule is COc1ccc(CSC2c3cc(OC)cc(OC)c3[C@@H](c3ccccc3)[C@@H]2c2cc(OC)cc(OC)c2)cc1. The Balaban J connectivity index is 1.69. The van der Waals surface area contributed by atoms with Crippen LogP contribution in [0, 0.1) is 0 Å². The second-order valence-electron chi connectivity index (χ2n) is 9.47. The van der Waals surface area contributed by atoms with Gasteiger partial charge >= 0.3 is 0 Å². The first kappa shape index (κ1) is 26.8. The molecule has 0 amide bonds. The van der Waals surface area contributed by atoms with Crippen molar-refractivity contribution in [3.8, 4) is 28.7 Å². The van der Waals surface area contributed by atoms with Crippen LogP contribution in [-0.2, 0) is 5.75 Å². The van der Waals surface area contributed by atoms with Crippen molar-refractivity contribution < 1.29 is 23.7 Å². The van der Waals surface area contributed by atoms with Gasteiger partial charge < -0.3 is 23.7 Å². The summed E-state index contributed by atoms with van der Waals surface area (Å²) in [5.41, 5.74) is 6.06. The summed E-state index contributed by atoms with van der Waals surface area (Å²) in [7, 11) is 8.52. The molecule has 0 aromatic heterocycles. The van der Waals surface area contributed by atoms with E-state index in [1.54, 1.807) is 35.5 Å². The lowest BCUT2D eigenvalue weighted by atomic mass is 9.81. The van der Waals surface area contributed by atoms with Crippen LogP contribution in [0.25, 0.3) is 0 Å². The Morgan fingerprint density at radius 3 is 1.79 bits per heavy atom. The number of benzene rings is 4. The average molecular weight is 543 g/mol. The highest BCUT2D eigenvalue weighted by molar-refractivity contribution is 7.98. The maximum absolute atomic E-state index is 6.01. The zero-order chi connectivity index (χ0) is 27.4. The van der Waals surface area contributed by atoms with Crippen molar-refractivity contribution in [2.24, 2.45) is 0 Å². The molecule has 1 unspecified atom stereocenters. The fourth-order valence-corrected chi connectivity index (χ4v) is 7.01. The van der Waals surface area contributed by atoms with Crippen LogP contribution < -0.4 is 23.7 Å². The summed E-state index contributed by atoms with van der Waals surface area (Å²) in [6.07, 6.45) is 0. The fourth-order valence-electron chi connectivity index (χ4n) is 5.55. The van der Waals surface area contributed by atoms with E-state index in [0.717, 1.165) is 40.1 Å². The molecule has 0 fully saturated rings. The van der Waals surface area contributed by atoms with Crippen molar-refractivity contribution in [1.29, 1.82) is 0 Å². The summed E-state index contributed by atoms with van der Waals surface area (Å²) in [5, 5.41) is 0.119. The third-order valence-corrected chi connectivity index (χ3v) is 8.82. The molecule has 6 heteroatoms. The van der Waals surface area contributed by atoms with Gasteiger partial charge in [0, 0.05) is 40.5 Å². The van der Waals surface area contributed by atoms with Gasteiger partial charge in [-0.3, -0.25) is 0 Å². The van der Waals surface area contributed by atoms with Crippen LogP contribution >= 0.6 is 11.8 Å². The van der Waals surface area contributed by atoms with E-state index in [1.807, 2.05) is 36.0 Å². The molecule has 1 aliphatic carbocycles. The predicted octanol–water partition coefficient (Wildman–Crippen LogP) is 7.63. The highest BCUT2D eigenvalue weighted by atomic mass is 32.2. The highest BCUT2D eigenvalue weighted by Gasteiger charge is 2.45. The molecule has 0 bridgehead atoms. The first-order chi connectivity index (χ1) is 19.1. The molecule has 0 saturated heterocycles. The van der Waals surface area contributed by atoms with Gasteiger partial charge in [0.1, 0.15) is 28.7 Å². The molecule has 202 valence electrons. The van der Waals surface area contributed by atoms with E-state index < -0.39 is 0 Å². The summed E-state index contributed by atoms with van der Waals surface area (Å²) in [6, 6.07) is 29.3. The Bertz CT molecular complexity index is 1380. The zero-order valence-electron chi connectivity index (χ0n) is 23.0. The van der Waals surface area contributed by atoms with Gasteiger partial charge in [-0.15, -0.1) is 11.8 Å². The van der Waals surface area contributed by atoms with E-state index in [9.17, 15) is 0 Å². The molecule has 1 aliphatic rings. The van der Waals surface area contributed by atoms with Crippen molar-refractivity contribution in [3.63, 3.8) is 0 Å². The standard InChI is InChI=1S/C33H34O5S/c1-34-24-13-11-21(12-14-24)20-39-33-28-18-27(37-4)19-29(38-5)32(28)30(22-9-7-6-8-10-22)31(33)23-15-25(35-2)17-26(16-23)36-3/h6-19,30-31,33H,20H2,1-5H3/t30-,31-,33?/m0/s1. The minimum absolute atomic E-state index is 0.0623. The molecule has 0 spiro atoms. The molecule has 0 heterocycles. The topological polar surface area (TPSA) is 46.2 Å². The summed E-state index contributed by atoms with van der Waals surface area (Å²) in [6.45, 7) is 0. The molecule has 0 saturated carbocycles. The molecule has 0 aliphatic heterocycles. The molecule has 39 heavy (non-hydrogen) atoms. The summed E-state index contributed by atoms with van der Waals surface area (Å²) >= 11 is 1.93. The minimum Gasteiger partial charge on any atom is -0.497 e. The molecule has 0 N–H and O–H groups in total. The number of rotatable bonds is 10. The number of hydrogen-bond acceptors (Lipinski definition) is 6. The van der Waals surface area contributed by atoms with E-state index >= 15 is 0 Å². The van der Waals surface area contributed by atoms with E-state index in [0.29, 0.717) is 0 Å². The lowest BCUT2D eigenvalue weighted by molar-refractivity contribution is 0.389. The van der Waals surface area contributed by atoms with Gasteiger partial charge in [-0.05, 0) is 52.6 Å². The largest absolute Gasteiger partial charge is 0.497 e. The number of methoxy groups -OCH3 is 5. The smallest absolute Gasteiger partial charge is 0.126 e. The van der Waals surface area contributed by atoms with Crippen LogP contribution in [0.2, 0.25) is 0 Å². The molecule has 0 radical (unpaired) electrons. The second kappa shape index (κ2) is 12.0. The van der Waals surface area contributed by atoms with E-state index in [-0.39, 0.29) is 17.1 Å². The summed E-state index contributed by atoms with van der Waals surface area (Å²) in [4.78, 5) is 0. The third kappa shape index (κ3) is 5.39. The Hall–Kier alpha value is -3.77. The highest BCUT2D eigenvalue weighted by Crippen LogP contribution is 2.62. The van der Waals surface area contributed by atoms with Crippen LogP contribution in [-0.4, -0.2) is 35.5 Å². The summed E-state index contributed by atoms with van der Waals surface area (Å²) in [5.74, 6) is 5.03. The maximum Gasteiger partial charge on any atom is 0.126 e. The van der Waals surface area contributed by atoms with Gasteiger partial charge in [0.2, 0.25) is 0 Å². The van der Waals surface area contributed by atoms with E-state index in [2.05, 4.69) is 60.7 Å². The van der Waals surface area contributed by atoms with Gasteiger partial charge in [-0.2, -0.15) is 0 Å². The van der Waals surface area contributed by atoms with Crippen LogP contribution in [0.1, 0.15) is 44.9 Å². The number of thioether (sulfide) groups is 1. The van der Waals surface area contributed by atoms with Crippen LogP contribution in [0.15, 0.2) is 84.9 Å². The lowest BCUT2D eigenvalue weighted by Crippen LogP contribution is -2.11. The molecule has 4 aromatic rings. The third-order valence-electron chi connectivity index (χ3n) is 7.41. The molecule has 4 aromatic carbocycles. The molecule has 5 nitrogen and oxygen atoms in total. The van der Waals surface area contributed by atoms with Gasteiger partial charge in [-0.25, -0.2) is 0 Å². The van der Waals surface area contributed by atoms with Gasteiger partial charge in [-0.1, -0.05) is 42.5 Å². The predicted molar refractivity (Wildman–Crippen MR) is 157 cm³/mol. The fraction of sp³-hybridized carbons (Fsp3) is 0.273. The van der Waals surface area contributed by atoms with Crippen molar-refractivity contribution in [3.05, 3.63) is 113 Å². The monoisotopic (exact) mass is 542 g/mol. The first-order valence-corrected chi connectivity index (χ1v) is 13.9. The van der Waals surface area contributed by atoms with E-state index in [1.165, 1.54) is 22.3 Å². The Kier molecular flexibility index (Phi) is 8.22. The molecular formula is C33H34O5S. The normalized spacial score (nSPS) is 17.8. The average Bonchev–Trinajstić information content (AvgIpc) is 3.33. The Morgan fingerprint density at radius 2 is 1.21 bits per heavy atom. The Morgan fingerprint density at radius 1 is 0.590 bits per heavy atom. The second-order valence-corrected chi connectivity index (χ2v) is 10.6. The van der Waals surface area contributed by atoms with Crippen molar-refractivity contribution in [2.45, 2.75) is 22.8 Å². The quantitative estimate of drug-likeness (QED) is 0.205. The summed E-state index contributed by atoms with van der Waals surface area (Å²) < 4.78 is 28.5. The number of fused-ring (bicyclic) bond motifs is 1. The van der Waals surface area contributed by atoms with Gasteiger partial charge in [0.05, 0.1) is 35.5 Å². The lowest BCUT2D eigenvalue weighted by Gasteiger charge is -2.27. The van der Waals surface area contributed by atoms with Crippen molar-refractivity contribution in [2.75, 3.05) is 35.5 Å².